The molecule has 1 aliphatic carbocycles. The Morgan fingerprint density at radius 3 is 2.55 bits per heavy atom. The third kappa shape index (κ3) is 4.01. The molecule has 0 saturated heterocycles. The second kappa shape index (κ2) is 7.14. The SMILES string of the molecule is CN(CCN(C)c1ccccc1)C(=O)C1CCCCC1(C)N. The molecule has 1 amide bonds. The average molecular weight is 303 g/mol. The molecule has 22 heavy (non-hydrogen) atoms. The van der Waals surface area contributed by atoms with E-state index in [4.69, 9.17) is 5.73 Å². The van der Waals surface area contributed by atoms with Crippen LogP contribution in [0.25, 0.3) is 0 Å². The standard InChI is InChI=1S/C18H29N3O/c1-18(19)12-8-7-11-16(18)17(22)21(3)14-13-20(2)15-9-5-4-6-10-15/h4-6,9-10,16H,7-8,11-14,19H2,1-3H3. The molecule has 4 nitrogen and oxygen atoms in total. The fourth-order valence-corrected chi connectivity index (χ4v) is 3.25. The van der Waals surface area contributed by atoms with Gasteiger partial charge in [-0.05, 0) is 31.9 Å². The first-order valence-corrected chi connectivity index (χ1v) is 8.22. The number of carbonyl (C=O) groups excluding carboxylic acids is 1. The van der Waals surface area contributed by atoms with Crippen molar-refractivity contribution in [3.63, 3.8) is 0 Å². The van der Waals surface area contributed by atoms with Crippen molar-refractivity contribution < 1.29 is 4.79 Å². The number of nitrogens with zero attached hydrogens (tertiary/aromatic N) is 2. The number of carbonyl (C=O) groups is 1. The van der Waals surface area contributed by atoms with E-state index < -0.39 is 0 Å². The Morgan fingerprint density at radius 2 is 1.91 bits per heavy atom. The first-order valence-electron chi connectivity index (χ1n) is 8.22. The van der Waals surface area contributed by atoms with Crippen molar-refractivity contribution in [2.75, 3.05) is 32.1 Å². The van der Waals surface area contributed by atoms with E-state index in [0.717, 1.165) is 38.8 Å². The Morgan fingerprint density at radius 1 is 1.23 bits per heavy atom. The second-order valence-corrected chi connectivity index (χ2v) is 6.82. The molecule has 2 unspecified atom stereocenters. The molecule has 1 aliphatic rings. The molecular formula is C18H29N3O. The molecule has 0 radical (unpaired) electrons. The molecule has 122 valence electrons. The molecule has 1 aromatic carbocycles. The highest BCUT2D eigenvalue weighted by Crippen LogP contribution is 2.32. The van der Waals surface area contributed by atoms with Gasteiger partial charge in [-0.2, -0.15) is 0 Å². The van der Waals surface area contributed by atoms with Crippen LogP contribution in [0.15, 0.2) is 30.3 Å². The molecule has 4 heteroatoms. The summed E-state index contributed by atoms with van der Waals surface area (Å²) in [4.78, 5) is 16.7. The number of hydrogen-bond donors (Lipinski definition) is 1. The molecule has 0 aliphatic heterocycles. The maximum atomic E-state index is 12.7. The zero-order chi connectivity index (χ0) is 16.2. The van der Waals surface area contributed by atoms with E-state index in [1.165, 1.54) is 5.69 Å². The average Bonchev–Trinajstić information content (AvgIpc) is 2.52. The monoisotopic (exact) mass is 303 g/mol. The van der Waals surface area contributed by atoms with Crippen LogP contribution in [0, 0.1) is 5.92 Å². The minimum absolute atomic E-state index is 0.0340. The van der Waals surface area contributed by atoms with Crippen LogP contribution < -0.4 is 10.6 Å². The summed E-state index contributed by atoms with van der Waals surface area (Å²) >= 11 is 0. The highest BCUT2D eigenvalue weighted by atomic mass is 16.2. The lowest BCUT2D eigenvalue weighted by Gasteiger charge is -2.39. The Balaban J connectivity index is 1.89. The van der Waals surface area contributed by atoms with Crippen LogP contribution in [-0.2, 0) is 4.79 Å². The predicted molar refractivity (Wildman–Crippen MR) is 91.9 cm³/mol. The summed E-state index contributed by atoms with van der Waals surface area (Å²) in [6, 6.07) is 10.2. The summed E-state index contributed by atoms with van der Waals surface area (Å²) in [6.07, 6.45) is 4.12. The van der Waals surface area contributed by atoms with Crippen molar-refractivity contribution in [3.8, 4) is 0 Å². The lowest BCUT2D eigenvalue weighted by Crippen LogP contribution is -2.53. The smallest absolute Gasteiger partial charge is 0.227 e. The van der Waals surface area contributed by atoms with Gasteiger partial charge in [0.2, 0.25) is 5.91 Å². The summed E-state index contributed by atoms with van der Waals surface area (Å²) in [6.45, 7) is 3.57. The topological polar surface area (TPSA) is 49.6 Å². The lowest BCUT2D eigenvalue weighted by molar-refractivity contribution is -0.137. The van der Waals surface area contributed by atoms with Crippen LogP contribution in [-0.4, -0.2) is 43.5 Å². The van der Waals surface area contributed by atoms with E-state index in [1.807, 2.05) is 37.1 Å². The quantitative estimate of drug-likeness (QED) is 0.909. The van der Waals surface area contributed by atoms with Crippen LogP contribution in [0.2, 0.25) is 0 Å². The summed E-state index contributed by atoms with van der Waals surface area (Å²) in [5, 5.41) is 0. The lowest BCUT2D eigenvalue weighted by atomic mass is 9.74. The van der Waals surface area contributed by atoms with Crippen LogP contribution in [0.1, 0.15) is 32.6 Å². The van der Waals surface area contributed by atoms with Crippen molar-refractivity contribution in [1.29, 1.82) is 0 Å². The first kappa shape index (κ1) is 16.8. The van der Waals surface area contributed by atoms with E-state index in [1.54, 1.807) is 0 Å². The minimum atomic E-state index is -0.352. The Bertz CT molecular complexity index is 486. The fraction of sp³-hybridized carbons (Fsp3) is 0.611. The highest BCUT2D eigenvalue weighted by molar-refractivity contribution is 5.80. The summed E-state index contributed by atoms with van der Waals surface area (Å²) in [5.41, 5.74) is 7.17. The highest BCUT2D eigenvalue weighted by Gasteiger charge is 2.38. The molecule has 2 N–H and O–H groups in total. The van der Waals surface area contributed by atoms with Crippen LogP contribution in [0.4, 0.5) is 5.69 Å². The second-order valence-electron chi connectivity index (χ2n) is 6.82. The van der Waals surface area contributed by atoms with Gasteiger partial charge in [-0.3, -0.25) is 4.79 Å². The van der Waals surface area contributed by atoms with Gasteiger partial charge in [-0.1, -0.05) is 31.0 Å². The Hall–Kier alpha value is -1.55. The number of para-hydroxylation sites is 1. The van der Waals surface area contributed by atoms with Crippen LogP contribution in [0.5, 0.6) is 0 Å². The third-order valence-electron chi connectivity index (χ3n) is 4.90. The van der Waals surface area contributed by atoms with E-state index in [-0.39, 0.29) is 17.4 Å². The largest absolute Gasteiger partial charge is 0.373 e. The molecule has 1 aromatic rings. The number of likely N-dealkylation sites (N-methyl/N-ethyl adjacent to an activating group) is 2. The predicted octanol–water partition coefficient (Wildman–Crippen LogP) is 2.49. The summed E-state index contributed by atoms with van der Waals surface area (Å²) in [7, 11) is 3.95. The maximum Gasteiger partial charge on any atom is 0.227 e. The fourth-order valence-electron chi connectivity index (χ4n) is 3.25. The Labute approximate surface area is 134 Å². The molecule has 0 aromatic heterocycles. The van der Waals surface area contributed by atoms with E-state index in [0.29, 0.717) is 0 Å². The molecule has 2 atom stereocenters. The summed E-state index contributed by atoms with van der Waals surface area (Å²) < 4.78 is 0. The third-order valence-corrected chi connectivity index (χ3v) is 4.90. The van der Waals surface area contributed by atoms with Gasteiger partial charge < -0.3 is 15.5 Å². The normalized spacial score (nSPS) is 24.8. The zero-order valence-corrected chi connectivity index (χ0v) is 14.1. The van der Waals surface area contributed by atoms with Crippen LogP contribution >= 0.6 is 0 Å². The molecule has 1 saturated carbocycles. The summed E-state index contributed by atoms with van der Waals surface area (Å²) in [5.74, 6) is 0.166. The van der Waals surface area contributed by atoms with Gasteiger partial charge in [0.1, 0.15) is 0 Å². The number of anilines is 1. The van der Waals surface area contributed by atoms with Crippen molar-refractivity contribution in [2.45, 2.75) is 38.1 Å². The molecule has 0 heterocycles. The van der Waals surface area contributed by atoms with Crippen LogP contribution in [0.3, 0.4) is 0 Å². The van der Waals surface area contributed by atoms with Gasteiger partial charge in [-0.15, -0.1) is 0 Å². The van der Waals surface area contributed by atoms with E-state index in [2.05, 4.69) is 24.1 Å². The van der Waals surface area contributed by atoms with Crippen molar-refractivity contribution in [2.24, 2.45) is 11.7 Å². The number of hydrogen-bond acceptors (Lipinski definition) is 3. The maximum absolute atomic E-state index is 12.7. The van der Waals surface area contributed by atoms with Gasteiger partial charge in [0.25, 0.3) is 0 Å². The van der Waals surface area contributed by atoms with Gasteiger partial charge in [0, 0.05) is 38.4 Å². The van der Waals surface area contributed by atoms with Crippen molar-refractivity contribution >= 4 is 11.6 Å². The van der Waals surface area contributed by atoms with E-state index >= 15 is 0 Å². The number of benzene rings is 1. The molecule has 0 spiro atoms. The van der Waals surface area contributed by atoms with Crippen molar-refractivity contribution in [3.05, 3.63) is 30.3 Å². The van der Waals surface area contributed by atoms with Gasteiger partial charge >= 0.3 is 0 Å². The first-order chi connectivity index (χ1) is 10.4. The number of nitrogens with two attached hydrogens (primary N) is 1. The molecular weight excluding hydrogens is 274 g/mol. The number of rotatable bonds is 5. The molecule has 0 bridgehead atoms. The van der Waals surface area contributed by atoms with E-state index in [9.17, 15) is 4.79 Å². The number of amides is 1. The zero-order valence-electron chi connectivity index (χ0n) is 14.1. The van der Waals surface area contributed by atoms with Crippen molar-refractivity contribution in [1.82, 2.24) is 4.90 Å². The van der Waals surface area contributed by atoms with Gasteiger partial charge in [0.15, 0.2) is 0 Å². The van der Waals surface area contributed by atoms with Gasteiger partial charge in [0.05, 0.1) is 5.92 Å². The molecule has 2 rings (SSSR count). The molecule has 1 fully saturated rings. The Kier molecular flexibility index (Phi) is 5.46. The van der Waals surface area contributed by atoms with Gasteiger partial charge in [-0.25, -0.2) is 0 Å². The minimum Gasteiger partial charge on any atom is -0.373 e.